The second kappa shape index (κ2) is 5.83. The minimum Gasteiger partial charge on any atom is -0.370 e. The zero-order valence-corrected chi connectivity index (χ0v) is 16.2. The monoisotopic (exact) mass is 434 g/mol. The van der Waals surface area contributed by atoms with E-state index in [1.54, 1.807) is 6.07 Å². The largest absolute Gasteiger partial charge is 0.370 e. The Balaban J connectivity index is 1.75. The van der Waals surface area contributed by atoms with E-state index in [-0.39, 0.29) is 29.7 Å². The van der Waals surface area contributed by atoms with Gasteiger partial charge in [-0.1, -0.05) is 51.8 Å². The van der Waals surface area contributed by atoms with Crippen LogP contribution in [0.2, 0.25) is 0 Å². The molecule has 1 aromatic rings. The zero-order chi connectivity index (χ0) is 16.1. The molecule has 0 saturated carbocycles. The molecular weight excluding hydrogens is 415 g/mol. The number of benzene rings is 1. The maximum Gasteiger partial charge on any atom is 0.129 e. The molecule has 2 aliphatic rings. The first kappa shape index (κ1) is 16.9. The van der Waals surface area contributed by atoms with Crippen molar-refractivity contribution in [2.75, 3.05) is 0 Å². The summed E-state index contributed by atoms with van der Waals surface area (Å²) in [6, 6.07) is 4.99. The van der Waals surface area contributed by atoms with Gasteiger partial charge >= 0.3 is 0 Å². The summed E-state index contributed by atoms with van der Waals surface area (Å²) in [5.74, 6) is 0.174. The Morgan fingerprint density at radius 1 is 1.41 bits per heavy atom. The predicted molar refractivity (Wildman–Crippen MR) is 91.7 cm³/mol. The fourth-order valence-electron chi connectivity index (χ4n) is 3.75. The Kier molecular flexibility index (Phi) is 4.47. The van der Waals surface area contributed by atoms with Crippen molar-refractivity contribution in [3.63, 3.8) is 0 Å². The first-order valence-corrected chi connectivity index (χ1v) is 9.38. The number of ether oxygens (including phenoxy) is 2. The van der Waals surface area contributed by atoms with Gasteiger partial charge < -0.3 is 9.47 Å². The summed E-state index contributed by atoms with van der Waals surface area (Å²) in [5, 5.41) is 0. The van der Waals surface area contributed by atoms with Gasteiger partial charge in [0.25, 0.3) is 0 Å². The molecule has 0 unspecified atom stereocenters. The fourth-order valence-corrected chi connectivity index (χ4v) is 5.65. The Morgan fingerprint density at radius 2 is 2.14 bits per heavy atom. The van der Waals surface area contributed by atoms with Gasteiger partial charge in [-0.15, -0.1) is 0 Å². The molecule has 3 rings (SSSR count). The van der Waals surface area contributed by atoms with E-state index in [1.165, 1.54) is 6.07 Å². The van der Waals surface area contributed by atoms with E-state index in [0.29, 0.717) is 16.3 Å². The van der Waals surface area contributed by atoms with Gasteiger partial charge in [0.05, 0.1) is 23.9 Å². The van der Waals surface area contributed by atoms with Crippen molar-refractivity contribution >= 4 is 31.9 Å². The molecule has 2 saturated heterocycles. The second-order valence-electron chi connectivity index (χ2n) is 6.90. The summed E-state index contributed by atoms with van der Waals surface area (Å²) < 4.78 is 27.2. The van der Waals surface area contributed by atoms with Crippen LogP contribution in [0.25, 0.3) is 0 Å². The average Bonchev–Trinajstić information content (AvgIpc) is 2.86. The van der Waals surface area contributed by atoms with Crippen LogP contribution in [0.4, 0.5) is 4.39 Å². The van der Waals surface area contributed by atoms with Gasteiger partial charge in [0, 0.05) is 21.3 Å². The SMILES string of the molecule is CC(C)[C@]12C[C@@H](OCc3c(F)cccc3Br)[C@](C)(C[C@@H]1Br)O2. The molecule has 0 N–H and O–H groups in total. The van der Waals surface area contributed by atoms with E-state index in [2.05, 4.69) is 52.6 Å². The van der Waals surface area contributed by atoms with Gasteiger partial charge in [0.15, 0.2) is 0 Å². The number of fused-ring (bicyclic) bond motifs is 2. The highest BCUT2D eigenvalue weighted by Crippen LogP contribution is 2.57. The highest BCUT2D eigenvalue weighted by Gasteiger charge is 2.65. The molecule has 1 aromatic carbocycles. The first-order valence-electron chi connectivity index (χ1n) is 7.67. The molecule has 0 aromatic heterocycles. The minimum absolute atomic E-state index is 0.00444. The summed E-state index contributed by atoms with van der Waals surface area (Å²) in [4.78, 5) is 0.352. The van der Waals surface area contributed by atoms with Crippen LogP contribution in [0.3, 0.4) is 0 Å². The third kappa shape index (κ3) is 2.58. The van der Waals surface area contributed by atoms with Crippen molar-refractivity contribution in [1.29, 1.82) is 0 Å². The van der Waals surface area contributed by atoms with E-state index in [1.807, 2.05) is 6.07 Å². The van der Waals surface area contributed by atoms with Crippen LogP contribution in [0.15, 0.2) is 22.7 Å². The van der Waals surface area contributed by atoms with Crippen molar-refractivity contribution in [3.8, 4) is 0 Å². The van der Waals surface area contributed by atoms with Crippen LogP contribution in [0.5, 0.6) is 0 Å². The molecule has 2 fully saturated rings. The second-order valence-corrected chi connectivity index (χ2v) is 8.86. The maximum absolute atomic E-state index is 13.9. The fraction of sp³-hybridized carbons (Fsp3) is 0.647. The van der Waals surface area contributed by atoms with Gasteiger partial charge in [0.1, 0.15) is 5.82 Å². The molecule has 0 radical (unpaired) electrons. The summed E-state index contributed by atoms with van der Waals surface area (Å²) in [6.07, 6.45) is 1.77. The van der Waals surface area contributed by atoms with E-state index in [9.17, 15) is 4.39 Å². The molecule has 22 heavy (non-hydrogen) atoms. The molecule has 0 spiro atoms. The highest BCUT2D eigenvalue weighted by molar-refractivity contribution is 9.10. The smallest absolute Gasteiger partial charge is 0.129 e. The van der Waals surface area contributed by atoms with Crippen LogP contribution in [-0.4, -0.2) is 22.1 Å². The summed E-state index contributed by atoms with van der Waals surface area (Å²) >= 11 is 7.18. The zero-order valence-electron chi connectivity index (χ0n) is 13.0. The first-order chi connectivity index (χ1) is 10.3. The van der Waals surface area contributed by atoms with Gasteiger partial charge in [-0.25, -0.2) is 4.39 Å². The number of hydrogen-bond donors (Lipinski definition) is 0. The average molecular weight is 436 g/mol. The van der Waals surface area contributed by atoms with Crippen LogP contribution >= 0.6 is 31.9 Å². The number of alkyl halides is 1. The standard InChI is InChI=1S/C17H21Br2FO2/c1-10(2)17-8-15(16(3,22-17)7-14(17)19)21-9-11-12(18)5-4-6-13(11)20/h4-6,10,14-15H,7-9H2,1-3H3/t14-,15+,16-,17+/m0/s1. The topological polar surface area (TPSA) is 18.5 Å². The molecule has 4 atom stereocenters. The number of rotatable bonds is 4. The molecule has 122 valence electrons. The van der Waals surface area contributed by atoms with Crippen LogP contribution < -0.4 is 0 Å². The molecule has 2 aliphatic heterocycles. The molecule has 2 bridgehead atoms. The van der Waals surface area contributed by atoms with Crippen molar-refractivity contribution in [2.45, 2.75) is 62.4 Å². The molecule has 2 nitrogen and oxygen atoms in total. The third-order valence-electron chi connectivity index (χ3n) is 5.19. The van der Waals surface area contributed by atoms with Gasteiger partial charge in [0.2, 0.25) is 0 Å². The molecule has 2 heterocycles. The lowest BCUT2D eigenvalue weighted by molar-refractivity contribution is -0.0958. The number of halogens is 3. The van der Waals surface area contributed by atoms with Gasteiger partial charge in [-0.05, 0) is 31.4 Å². The summed E-state index contributed by atoms with van der Waals surface area (Å²) in [7, 11) is 0. The van der Waals surface area contributed by atoms with Crippen LogP contribution in [-0.2, 0) is 16.1 Å². The van der Waals surface area contributed by atoms with E-state index in [0.717, 1.165) is 17.3 Å². The minimum atomic E-state index is -0.295. The van der Waals surface area contributed by atoms with Crippen LogP contribution in [0, 0.1) is 11.7 Å². The predicted octanol–water partition coefficient (Wildman–Crippen LogP) is 5.21. The maximum atomic E-state index is 13.9. The summed E-state index contributed by atoms with van der Waals surface area (Å²) in [5.41, 5.74) is 0.102. The van der Waals surface area contributed by atoms with Crippen molar-refractivity contribution in [2.24, 2.45) is 5.92 Å². The molecule has 0 amide bonds. The Hall–Kier alpha value is 0.0300. The molecular formula is C17H21Br2FO2. The normalized spacial score (nSPS) is 37.2. The highest BCUT2D eigenvalue weighted by atomic mass is 79.9. The van der Waals surface area contributed by atoms with Gasteiger partial charge in [-0.3, -0.25) is 0 Å². The Morgan fingerprint density at radius 3 is 2.73 bits per heavy atom. The molecule has 0 aliphatic carbocycles. The van der Waals surface area contributed by atoms with Crippen molar-refractivity contribution in [3.05, 3.63) is 34.1 Å². The third-order valence-corrected chi connectivity index (χ3v) is 7.03. The lowest BCUT2D eigenvalue weighted by Crippen LogP contribution is -2.44. The van der Waals surface area contributed by atoms with Crippen molar-refractivity contribution < 1.29 is 13.9 Å². The lowest BCUT2D eigenvalue weighted by atomic mass is 9.75. The van der Waals surface area contributed by atoms with Crippen LogP contribution in [0.1, 0.15) is 39.2 Å². The summed E-state index contributed by atoms with van der Waals surface area (Å²) in [6.45, 7) is 6.75. The molecule has 5 heteroatoms. The lowest BCUT2D eigenvalue weighted by Gasteiger charge is -2.35. The van der Waals surface area contributed by atoms with Crippen molar-refractivity contribution in [1.82, 2.24) is 0 Å². The van der Waals surface area contributed by atoms with Gasteiger partial charge in [-0.2, -0.15) is 0 Å². The Labute approximate surface area is 148 Å². The van der Waals surface area contributed by atoms with E-state index in [4.69, 9.17) is 9.47 Å². The van der Waals surface area contributed by atoms with E-state index < -0.39 is 0 Å². The quantitative estimate of drug-likeness (QED) is 0.604. The Bertz CT molecular complexity index is 560. The van der Waals surface area contributed by atoms with E-state index >= 15 is 0 Å². The number of hydrogen-bond acceptors (Lipinski definition) is 2.